The Labute approximate surface area is 109 Å². The third-order valence-electron chi connectivity index (χ3n) is 3.69. The van der Waals surface area contributed by atoms with Gasteiger partial charge in [0.1, 0.15) is 0 Å². The SMILES string of the molecule is Cc1cc(S(=O)(=O)N(C)CC2CCC2)ccc1N. The van der Waals surface area contributed by atoms with Gasteiger partial charge in [-0.3, -0.25) is 0 Å². The van der Waals surface area contributed by atoms with Crippen molar-refractivity contribution in [1.29, 1.82) is 0 Å². The van der Waals surface area contributed by atoms with Crippen molar-refractivity contribution in [3.8, 4) is 0 Å². The highest BCUT2D eigenvalue weighted by molar-refractivity contribution is 7.89. The van der Waals surface area contributed by atoms with Gasteiger partial charge in [-0.1, -0.05) is 6.42 Å². The number of hydrogen-bond donors (Lipinski definition) is 1. The van der Waals surface area contributed by atoms with Crippen LogP contribution in [0.15, 0.2) is 23.1 Å². The van der Waals surface area contributed by atoms with Gasteiger partial charge in [0.2, 0.25) is 10.0 Å². The summed E-state index contributed by atoms with van der Waals surface area (Å²) >= 11 is 0. The fourth-order valence-electron chi connectivity index (χ4n) is 2.13. The first-order valence-electron chi connectivity index (χ1n) is 6.23. The Kier molecular flexibility index (Phi) is 3.64. The molecule has 4 nitrogen and oxygen atoms in total. The van der Waals surface area contributed by atoms with Gasteiger partial charge in [0.25, 0.3) is 0 Å². The molecule has 0 radical (unpaired) electrons. The summed E-state index contributed by atoms with van der Waals surface area (Å²) in [5.41, 5.74) is 7.13. The van der Waals surface area contributed by atoms with Crippen molar-refractivity contribution in [2.75, 3.05) is 19.3 Å². The minimum Gasteiger partial charge on any atom is -0.399 e. The molecule has 100 valence electrons. The second kappa shape index (κ2) is 4.90. The number of benzene rings is 1. The van der Waals surface area contributed by atoms with E-state index in [9.17, 15) is 8.42 Å². The van der Waals surface area contributed by atoms with Gasteiger partial charge in [-0.05, 0) is 49.4 Å². The van der Waals surface area contributed by atoms with Gasteiger partial charge >= 0.3 is 0 Å². The number of nitrogen functional groups attached to an aromatic ring is 1. The van der Waals surface area contributed by atoms with Crippen LogP contribution in [-0.4, -0.2) is 26.3 Å². The van der Waals surface area contributed by atoms with E-state index in [0.717, 1.165) is 18.4 Å². The smallest absolute Gasteiger partial charge is 0.242 e. The summed E-state index contributed by atoms with van der Waals surface area (Å²) in [5.74, 6) is 0.527. The van der Waals surface area contributed by atoms with E-state index in [-0.39, 0.29) is 0 Å². The number of sulfonamides is 1. The van der Waals surface area contributed by atoms with Gasteiger partial charge in [0.05, 0.1) is 4.90 Å². The van der Waals surface area contributed by atoms with Crippen LogP contribution < -0.4 is 5.73 Å². The van der Waals surface area contributed by atoms with Crippen LogP contribution in [0.2, 0.25) is 0 Å². The van der Waals surface area contributed by atoms with Crippen molar-refractivity contribution in [2.45, 2.75) is 31.1 Å². The van der Waals surface area contributed by atoms with Gasteiger partial charge in [-0.25, -0.2) is 12.7 Å². The van der Waals surface area contributed by atoms with Crippen LogP contribution in [0.1, 0.15) is 24.8 Å². The summed E-state index contributed by atoms with van der Waals surface area (Å²) in [6, 6.07) is 4.87. The molecule has 18 heavy (non-hydrogen) atoms. The summed E-state index contributed by atoms with van der Waals surface area (Å²) in [7, 11) is -1.72. The molecule has 1 aliphatic carbocycles. The maximum absolute atomic E-state index is 12.4. The first-order valence-corrected chi connectivity index (χ1v) is 7.67. The number of nitrogens with zero attached hydrogens (tertiary/aromatic N) is 1. The predicted octanol–water partition coefficient (Wildman–Crippen LogP) is 2.00. The van der Waals surface area contributed by atoms with E-state index >= 15 is 0 Å². The quantitative estimate of drug-likeness (QED) is 0.849. The summed E-state index contributed by atoms with van der Waals surface area (Å²) in [5, 5.41) is 0. The van der Waals surface area contributed by atoms with Crippen molar-refractivity contribution in [1.82, 2.24) is 4.31 Å². The highest BCUT2D eigenvalue weighted by atomic mass is 32.2. The Morgan fingerprint density at radius 1 is 1.39 bits per heavy atom. The normalized spacial score (nSPS) is 16.8. The maximum Gasteiger partial charge on any atom is 0.242 e. The van der Waals surface area contributed by atoms with Crippen molar-refractivity contribution < 1.29 is 8.42 Å². The van der Waals surface area contributed by atoms with E-state index in [4.69, 9.17) is 5.73 Å². The van der Waals surface area contributed by atoms with Crippen molar-refractivity contribution in [3.05, 3.63) is 23.8 Å². The van der Waals surface area contributed by atoms with Gasteiger partial charge in [0, 0.05) is 19.3 Å². The van der Waals surface area contributed by atoms with Crippen molar-refractivity contribution in [3.63, 3.8) is 0 Å². The number of nitrogens with two attached hydrogens (primary N) is 1. The van der Waals surface area contributed by atoms with Crippen LogP contribution in [-0.2, 0) is 10.0 Å². The topological polar surface area (TPSA) is 63.4 Å². The molecule has 1 saturated carbocycles. The first-order chi connectivity index (χ1) is 8.41. The average Bonchev–Trinajstić information content (AvgIpc) is 2.26. The molecule has 0 bridgehead atoms. The summed E-state index contributed by atoms with van der Waals surface area (Å²) in [4.78, 5) is 0.330. The molecule has 0 spiro atoms. The van der Waals surface area contributed by atoms with Crippen LogP contribution >= 0.6 is 0 Å². The fourth-order valence-corrected chi connectivity index (χ4v) is 3.46. The molecular weight excluding hydrogens is 248 g/mol. The van der Waals surface area contributed by atoms with E-state index in [1.54, 1.807) is 25.2 Å². The standard InChI is InChI=1S/C13H20N2O2S/c1-10-8-12(6-7-13(10)14)18(16,17)15(2)9-11-4-3-5-11/h6-8,11H,3-5,9,14H2,1-2H3. The Morgan fingerprint density at radius 3 is 2.56 bits per heavy atom. The van der Waals surface area contributed by atoms with E-state index in [0.29, 0.717) is 23.0 Å². The van der Waals surface area contributed by atoms with Crippen LogP contribution in [0.3, 0.4) is 0 Å². The molecule has 0 saturated heterocycles. The second-order valence-electron chi connectivity index (χ2n) is 5.10. The Bertz CT molecular complexity index is 536. The molecule has 0 atom stereocenters. The van der Waals surface area contributed by atoms with E-state index in [2.05, 4.69) is 0 Å². The lowest BCUT2D eigenvalue weighted by Crippen LogP contribution is -2.34. The maximum atomic E-state index is 12.4. The zero-order valence-corrected chi connectivity index (χ0v) is 11.7. The molecule has 2 N–H and O–H groups in total. The number of aryl methyl sites for hydroxylation is 1. The molecule has 1 fully saturated rings. The molecule has 0 unspecified atom stereocenters. The van der Waals surface area contributed by atoms with Crippen molar-refractivity contribution >= 4 is 15.7 Å². The number of anilines is 1. The zero-order chi connectivity index (χ0) is 13.3. The molecule has 1 aromatic carbocycles. The van der Waals surface area contributed by atoms with Crippen LogP contribution in [0.4, 0.5) is 5.69 Å². The van der Waals surface area contributed by atoms with Crippen LogP contribution in [0.25, 0.3) is 0 Å². The minimum atomic E-state index is -3.37. The Balaban J connectivity index is 2.20. The molecule has 0 amide bonds. The van der Waals surface area contributed by atoms with Crippen LogP contribution in [0.5, 0.6) is 0 Å². The Hall–Kier alpha value is -1.07. The summed E-state index contributed by atoms with van der Waals surface area (Å²) in [6.45, 7) is 2.44. The van der Waals surface area contributed by atoms with Gasteiger partial charge in [-0.15, -0.1) is 0 Å². The molecule has 1 aliphatic rings. The van der Waals surface area contributed by atoms with E-state index in [1.807, 2.05) is 6.92 Å². The second-order valence-corrected chi connectivity index (χ2v) is 7.15. The molecule has 2 rings (SSSR count). The highest BCUT2D eigenvalue weighted by Crippen LogP contribution is 2.28. The lowest BCUT2D eigenvalue weighted by Gasteiger charge is -2.29. The van der Waals surface area contributed by atoms with E-state index < -0.39 is 10.0 Å². The van der Waals surface area contributed by atoms with Crippen molar-refractivity contribution in [2.24, 2.45) is 5.92 Å². The van der Waals surface area contributed by atoms with Gasteiger partial charge < -0.3 is 5.73 Å². The monoisotopic (exact) mass is 268 g/mol. The third kappa shape index (κ3) is 2.52. The molecule has 0 aromatic heterocycles. The molecular formula is C13H20N2O2S. The average molecular weight is 268 g/mol. The fraction of sp³-hybridized carbons (Fsp3) is 0.538. The first kappa shape index (κ1) is 13.4. The molecule has 1 aromatic rings. The highest BCUT2D eigenvalue weighted by Gasteiger charge is 2.26. The number of hydrogen-bond acceptors (Lipinski definition) is 3. The molecule has 5 heteroatoms. The number of rotatable bonds is 4. The van der Waals surface area contributed by atoms with E-state index in [1.165, 1.54) is 10.7 Å². The summed E-state index contributed by atoms with van der Waals surface area (Å²) in [6.07, 6.45) is 3.50. The summed E-state index contributed by atoms with van der Waals surface area (Å²) < 4.78 is 26.2. The largest absolute Gasteiger partial charge is 0.399 e. The van der Waals surface area contributed by atoms with Crippen LogP contribution in [0, 0.1) is 12.8 Å². The third-order valence-corrected chi connectivity index (χ3v) is 5.51. The minimum absolute atomic E-state index is 0.330. The lowest BCUT2D eigenvalue weighted by molar-refractivity contribution is 0.263. The van der Waals surface area contributed by atoms with Gasteiger partial charge in [0.15, 0.2) is 0 Å². The Morgan fingerprint density at radius 2 is 2.06 bits per heavy atom. The zero-order valence-electron chi connectivity index (χ0n) is 10.9. The lowest BCUT2D eigenvalue weighted by atomic mass is 9.86. The predicted molar refractivity (Wildman–Crippen MR) is 72.7 cm³/mol. The molecule has 0 aliphatic heterocycles. The molecule has 0 heterocycles. The van der Waals surface area contributed by atoms with Gasteiger partial charge in [-0.2, -0.15) is 0 Å².